The Labute approximate surface area is 101 Å². The van der Waals surface area contributed by atoms with Gasteiger partial charge in [-0.3, -0.25) is 0 Å². The first-order chi connectivity index (χ1) is 7.06. The molecule has 0 amide bonds. The Bertz CT molecular complexity index is 273. The maximum Gasteiger partial charge on any atom is 0.214 e. The van der Waals surface area contributed by atoms with Gasteiger partial charge in [0.2, 0.25) is 10.0 Å². The molecular weight excluding hydrogens is 278 g/mol. The molecule has 0 heterocycles. The van der Waals surface area contributed by atoms with Crippen LogP contribution in [0.15, 0.2) is 0 Å². The second kappa shape index (κ2) is 6.21. The number of sulfonamides is 1. The minimum absolute atomic E-state index is 0.0382. The zero-order valence-electron chi connectivity index (χ0n) is 9.21. The Hall–Kier alpha value is 0.390. The fraction of sp³-hybridized carbons (Fsp3) is 1.00. The molecule has 0 saturated heterocycles. The van der Waals surface area contributed by atoms with Crippen molar-refractivity contribution in [3.8, 4) is 0 Å². The van der Waals surface area contributed by atoms with Gasteiger partial charge in [-0.05, 0) is 26.2 Å². The monoisotopic (exact) mass is 297 g/mol. The van der Waals surface area contributed by atoms with Gasteiger partial charge in [0, 0.05) is 11.4 Å². The molecule has 0 aromatic carbocycles. The molecular formula is C10H20BrNO2S. The van der Waals surface area contributed by atoms with E-state index >= 15 is 0 Å². The first kappa shape index (κ1) is 13.5. The van der Waals surface area contributed by atoms with Crippen LogP contribution >= 0.6 is 15.9 Å². The molecule has 0 aromatic heterocycles. The highest BCUT2D eigenvalue weighted by Gasteiger charge is 2.27. The SMILES string of the molecule is CC(CCBr)NS(=O)(=O)C1CCCCC1. The number of hydrogen-bond donors (Lipinski definition) is 1. The summed E-state index contributed by atoms with van der Waals surface area (Å²) in [5.41, 5.74) is 0. The third-order valence-corrected chi connectivity index (χ3v) is 5.44. The number of hydrogen-bond acceptors (Lipinski definition) is 2. The number of rotatable bonds is 5. The molecule has 0 aromatic rings. The Morgan fingerprint density at radius 1 is 1.33 bits per heavy atom. The number of nitrogens with one attached hydrogen (secondary N) is 1. The zero-order chi connectivity index (χ0) is 11.3. The average Bonchev–Trinajstić information content (AvgIpc) is 2.18. The lowest BCUT2D eigenvalue weighted by molar-refractivity contribution is 0.471. The van der Waals surface area contributed by atoms with Crippen molar-refractivity contribution in [2.45, 2.75) is 56.7 Å². The van der Waals surface area contributed by atoms with Crippen LogP contribution in [0.1, 0.15) is 45.4 Å². The van der Waals surface area contributed by atoms with Gasteiger partial charge in [-0.2, -0.15) is 0 Å². The zero-order valence-corrected chi connectivity index (χ0v) is 11.6. The fourth-order valence-corrected chi connectivity index (χ4v) is 4.49. The van der Waals surface area contributed by atoms with Crippen LogP contribution in [0.2, 0.25) is 0 Å². The number of alkyl halides is 1. The van der Waals surface area contributed by atoms with Crippen molar-refractivity contribution in [3.63, 3.8) is 0 Å². The van der Waals surface area contributed by atoms with Gasteiger partial charge in [-0.1, -0.05) is 35.2 Å². The predicted octanol–water partition coefficient (Wildman–Crippen LogP) is 2.41. The lowest BCUT2D eigenvalue weighted by Crippen LogP contribution is -2.40. The van der Waals surface area contributed by atoms with Gasteiger partial charge in [0.05, 0.1) is 5.25 Å². The molecule has 1 atom stereocenters. The molecule has 1 rings (SSSR count). The Morgan fingerprint density at radius 3 is 2.47 bits per heavy atom. The highest BCUT2D eigenvalue weighted by atomic mass is 79.9. The summed E-state index contributed by atoms with van der Waals surface area (Å²) in [6.07, 6.45) is 5.79. The smallest absolute Gasteiger partial charge is 0.212 e. The van der Waals surface area contributed by atoms with E-state index in [-0.39, 0.29) is 11.3 Å². The van der Waals surface area contributed by atoms with Crippen LogP contribution in [-0.2, 0) is 10.0 Å². The van der Waals surface area contributed by atoms with Gasteiger partial charge in [-0.25, -0.2) is 13.1 Å². The van der Waals surface area contributed by atoms with Gasteiger partial charge >= 0.3 is 0 Å². The second-order valence-electron chi connectivity index (χ2n) is 4.30. The quantitative estimate of drug-likeness (QED) is 0.792. The van der Waals surface area contributed by atoms with E-state index < -0.39 is 10.0 Å². The van der Waals surface area contributed by atoms with E-state index in [2.05, 4.69) is 20.7 Å². The Kier molecular flexibility index (Phi) is 5.57. The van der Waals surface area contributed by atoms with Crippen LogP contribution in [0, 0.1) is 0 Å². The fourth-order valence-electron chi connectivity index (χ4n) is 1.97. The lowest BCUT2D eigenvalue weighted by Gasteiger charge is -2.24. The summed E-state index contributed by atoms with van der Waals surface area (Å²) in [7, 11) is -3.08. The standard InChI is InChI=1S/C10H20BrNO2S/c1-9(7-8-11)12-15(13,14)10-5-3-2-4-6-10/h9-10,12H,2-8H2,1H3. The van der Waals surface area contributed by atoms with Crippen molar-refractivity contribution in [1.82, 2.24) is 4.72 Å². The van der Waals surface area contributed by atoms with E-state index in [0.29, 0.717) is 0 Å². The molecule has 0 spiro atoms. The van der Waals surface area contributed by atoms with Crippen LogP contribution in [0.4, 0.5) is 0 Å². The molecule has 0 radical (unpaired) electrons. The summed E-state index contributed by atoms with van der Waals surface area (Å²) in [6.45, 7) is 1.92. The largest absolute Gasteiger partial charge is 0.214 e. The molecule has 1 N–H and O–H groups in total. The van der Waals surface area contributed by atoms with Gasteiger partial charge in [0.25, 0.3) is 0 Å². The van der Waals surface area contributed by atoms with E-state index in [1.54, 1.807) is 0 Å². The van der Waals surface area contributed by atoms with E-state index in [4.69, 9.17) is 0 Å². The van der Waals surface area contributed by atoms with Gasteiger partial charge < -0.3 is 0 Å². The van der Waals surface area contributed by atoms with Crippen LogP contribution in [0.5, 0.6) is 0 Å². The summed E-state index contributed by atoms with van der Waals surface area (Å²) in [5.74, 6) is 0. The predicted molar refractivity (Wildman–Crippen MR) is 66.8 cm³/mol. The minimum Gasteiger partial charge on any atom is -0.212 e. The summed E-state index contributed by atoms with van der Waals surface area (Å²) in [6, 6.07) is 0.0382. The van der Waals surface area contributed by atoms with Gasteiger partial charge in [0.15, 0.2) is 0 Å². The molecule has 5 heteroatoms. The van der Waals surface area contributed by atoms with Crippen molar-refractivity contribution < 1.29 is 8.42 Å². The molecule has 0 aliphatic heterocycles. The van der Waals surface area contributed by atoms with Gasteiger partial charge in [-0.15, -0.1) is 0 Å². The first-order valence-electron chi connectivity index (χ1n) is 5.63. The Balaban J connectivity index is 2.49. The summed E-state index contributed by atoms with van der Waals surface area (Å²) in [5, 5.41) is 0.686. The van der Waals surface area contributed by atoms with E-state index in [9.17, 15) is 8.42 Å². The maximum atomic E-state index is 11.9. The molecule has 0 bridgehead atoms. The summed E-state index contributed by atoms with van der Waals surface area (Å²) >= 11 is 3.32. The van der Waals surface area contributed by atoms with Crippen LogP contribution in [0.3, 0.4) is 0 Å². The molecule has 3 nitrogen and oxygen atoms in total. The maximum absolute atomic E-state index is 11.9. The van der Waals surface area contributed by atoms with E-state index in [1.807, 2.05) is 6.92 Å². The van der Waals surface area contributed by atoms with Crippen molar-refractivity contribution >= 4 is 26.0 Å². The highest BCUT2D eigenvalue weighted by Crippen LogP contribution is 2.23. The molecule has 1 unspecified atom stereocenters. The van der Waals surface area contributed by atoms with E-state index in [0.717, 1.165) is 37.4 Å². The van der Waals surface area contributed by atoms with Crippen molar-refractivity contribution in [2.75, 3.05) is 5.33 Å². The third kappa shape index (κ3) is 4.41. The third-order valence-electron chi connectivity index (χ3n) is 2.90. The minimum atomic E-state index is -3.08. The van der Waals surface area contributed by atoms with Gasteiger partial charge in [0.1, 0.15) is 0 Å². The molecule has 90 valence electrons. The normalized spacial score (nSPS) is 21.5. The summed E-state index contributed by atoms with van der Waals surface area (Å²) in [4.78, 5) is 0. The van der Waals surface area contributed by atoms with Crippen molar-refractivity contribution in [1.29, 1.82) is 0 Å². The van der Waals surface area contributed by atoms with Crippen LogP contribution < -0.4 is 4.72 Å². The van der Waals surface area contributed by atoms with Crippen LogP contribution in [-0.4, -0.2) is 25.0 Å². The molecule has 1 aliphatic carbocycles. The summed E-state index contributed by atoms with van der Waals surface area (Å²) < 4.78 is 26.7. The highest BCUT2D eigenvalue weighted by molar-refractivity contribution is 9.09. The van der Waals surface area contributed by atoms with Crippen LogP contribution in [0.25, 0.3) is 0 Å². The lowest BCUT2D eigenvalue weighted by atomic mass is 10.0. The van der Waals surface area contributed by atoms with Crippen molar-refractivity contribution in [2.24, 2.45) is 0 Å². The molecule has 15 heavy (non-hydrogen) atoms. The van der Waals surface area contributed by atoms with E-state index in [1.165, 1.54) is 6.42 Å². The number of halogens is 1. The Morgan fingerprint density at radius 2 is 1.93 bits per heavy atom. The molecule has 1 aliphatic rings. The van der Waals surface area contributed by atoms with Crippen molar-refractivity contribution in [3.05, 3.63) is 0 Å². The molecule has 1 fully saturated rings. The second-order valence-corrected chi connectivity index (χ2v) is 7.09. The first-order valence-corrected chi connectivity index (χ1v) is 8.30. The average molecular weight is 298 g/mol. The molecule has 1 saturated carbocycles. The topological polar surface area (TPSA) is 46.2 Å².